The summed E-state index contributed by atoms with van der Waals surface area (Å²) in [5.74, 6) is 0.481. The van der Waals surface area contributed by atoms with Gasteiger partial charge in [0.25, 0.3) is 0 Å². The second-order valence-electron chi connectivity index (χ2n) is 13.8. The SMILES string of the molecule is CCC.Cc1c(NC2CN(C(=O)OC(C)(C)C)C2)ncc2c1C(C)(c1ccc(F)c(Cl)c1F)CN2c1[nH]ncc1C(C)C(C)C. The number of amides is 1. The lowest BCUT2D eigenvalue weighted by Gasteiger charge is -2.40. The lowest BCUT2D eigenvalue weighted by Crippen LogP contribution is -2.58. The highest BCUT2D eigenvalue weighted by atomic mass is 35.5. The van der Waals surface area contributed by atoms with E-state index in [1.54, 1.807) is 11.1 Å². The number of anilines is 3. The number of H-pyrrole nitrogens is 1. The molecule has 1 fully saturated rings. The van der Waals surface area contributed by atoms with E-state index in [0.29, 0.717) is 36.9 Å². The monoisotopic (exact) mass is 644 g/mol. The van der Waals surface area contributed by atoms with Crippen molar-refractivity contribution in [2.45, 2.75) is 98.6 Å². The predicted molar refractivity (Wildman–Crippen MR) is 177 cm³/mol. The summed E-state index contributed by atoms with van der Waals surface area (Å²) in [6.07, 6.45) is 4.53. The molecule has 246 valence electrons. The quantitative estimate of drug-likeness (QED) is 0.261. The van der Waals surface area contributed by atoms with Gasteiger partial charge in [-0.25, -0.2) is 18.6 Å². The van der Waals surface area contributed by atoms with Crippen molar-refractivity contribution in [3.05, 3.63) is 63.4 Å². The van der Waals surface area contributed by atoms with Crippen molar-refractivity contribution in [1.82, 2.24) is 20.1 Å². The van der Waals surface area contributed by atoms with Gasteiger partial charge in [-0.15, -0.1) is 0 Å². The second-order valence-corrected chi connectivity index (χ2v) is 14.2. The Balaban J connectivity index is 0.00000148. The molecular weight excluding hydrogens is 598 g/mol. The highest BCUT2D eigenvalue weighted by molar-refractivity contribution is 6.31. The number of likely N-dealkylation sites (tertiary alicyclic amines) is 1. The normalized spacial score (nSPS) is 18.7. The van der Waals surface area contributed by atoms with Crippen LogP contribution in [0.4, 0.5) is 30.9 Å². The first kappa shape index (κ1) is 34.5. The minimum absolute atomic E-state index is 0.0198. The number of halogens is 3. The molecule has 1 amide bonds. The zero-order valence-corrected chi connectivity index (χ0v) is 28.9. The van der Waals surface area contributed by atoms with Gasteiger partial charge < -0.3 is 19.9 Å². The molecule has 3 aromatic rings. The van der Waals surface area contributed by atoms with Crippen LogP contribution in [-0.2, 0) is 10.2 Å². The van der Waals surface area contributed by atoms with Gasteiger partial charge in [-0.3, -0.25) is 5.10 Å². The summed E-state index contributed by atoms with van der Waals surface area (Å²) in [5, 5.41) is 10.5. The Hall–Kier alpha value is -3.40. The smallest absolute Gasteiger partial charge is 0.410 e. The Morgan fingerprint density at radius 2 is 1.84 bits per heavy atom. The Bertz CT molecular complexity index is 1530. The third kappa shape index (κ3) is 6.76. The number of hydrogen-bond acceptors (Lipinski definition) is 6. The third-order valence-electron chi connectivity index (χ3n) is 8.53. The summed E-state index contributed by atoms with van der Waals surface area (Å²) in [4.78, 5) is 20.9. The van der Waals surface area contributed by atoms with Crippen LogP contribution < -0.4 is 10.2 Å². The number of aromatic amines is 1. The molecule has 0 radical (unpaired) electrons. The van der Waals surface area contributed by atoms with Gasteiger partial charge in [-0.05, 0) is 63.6 Å². The van der Waals surface area contributed by atoms with Crippen LogP contribution in [-0.4, -0.2) is 57.5 Å². The van der Waals surface area contributed by atoms with Gasteiger partial charge in [0, 0.05) is 36.2 Å². The molecule has 2 N–H and O–H groups in total. The highest BCUT2D eigenvalue weighted by Crippen LogP contribution is 2.52. The number of carbonyl (C=O) groups is 1. The van der Waals surface area contributed by atoms with Gasteiger partial charge in [0.1, 0.15) is 33.9 Å². The van der Waals surface area contributed by atoms with Crippen LogP contribution >= 0.6 is 11.6 Å². The minimum atomic E-state index is -0.897. The van der Waals surface area contributed by atoms with Crippen molar-refractivity contribution in [2.75, 3.05) is 29.9 Å². The number of nitrogens with zero attached hydrogens (tertiary/aromatic N) is 4. The molecule has 2 unspecified atom stereocenters. The predicted octanol–water partition coefficient (Wildman–Crippen LogP) is 8.71. The zero-order valence-electron chi connectivity index (χ0n) is 28.1. The molecule has 45 heavy (non-hydrogen) atoms. The van der Waals surface area contributed by atoms with Crippen LogP contribution in [0.15, 0.2) is 24.5 Å². The number of fused-ring (bicyclic) bond motifs is 1. The summed E-state index contributed by atoms with van der Waals surface area (Å²) >= 11 is 6.09. The summed E-state index contributed by atoms with van der Waals surface area (Å²) in [6, 6.07) is 2.67. The van der Waals surface area contributed by atoms with Gasteiger partial charge in [-0.1, -0.05) is 58.7 Å². The van der Waals surface area contributed by atoms with E-state index in [1.165, 1.54) is 18.6 Å². The molecule has 8 nitrogen and oxygen atoms in total. The molecule has 0 saturated carbocycles. The van der Waals surface area contributed by atoms with E-state index in [1.807, 2.05) is 40.8 Å². The number of rotatable bonds is 6. The molecule has 0 spiro atoms. The van der Waals surface area contributed by atoms with Gasteiger partial charge in [0.2, 0.25) is 0 Å². The molecule has 1 saturated heterocycles. The van der Waals surface area contributed by atoms with Crippen LogP contribution in [0.5, 0.6) is 0 Å². The van der Waals surface area contributed by atoms with Crippen LogP contribution in [0.25, 0.3) is 0 Å². The molecule has 2 aliphatic heterocycles. The van der Waals surface area contributed by atoms with Crippen molar-refractivity contribution in [3.63, 3.8) is 0 Å². The number of pyridine rings is 1. The van der Waals surface area contributed by atoms with Gasteiger partial charge in [0.15, 0.2) is 0 Å². The molecule has 1 aromatic carbocycles. The van der Waals surface area contributed by atoms with Crippen molar-refractivity contribution in [2.24, 2.45) is 5.92 Å². The maximum absolute atomic E-state index is 15.7. The number of nitrogens with one attached hydrogen (secondary N) is 2. The second kappa shape index (κ2) is 13.1. The van der Waals surface area contributed by atoms with Crippen LogP contribution in [0.2, 0.25) is 5.02 Å². The van der Waals surface area contributed by atoms with E-state index in [0.717, 1.165) is 28.2 Å². The zero-order chi connectivity index (χ0) is 33.4. The number of ether oxygens (including phenoxy) is 1. The maximum Gasteiger partial charge on any atom is 0.410 e. The number of aromatic nitrogens is 3. The Labute approximate surface area is 270 Å². The molecular formula is C34H47ClF2N6O2. The standard InChI is InChI=1S/C31H39ClF2N6O2.C3H8/c1-16(2)17(3)20-11-36-38-28(20)40-15-31(8,21-9-10-22(33)25(32)26(21)34)24-18(4)27(35-12-23(24)40)37-19-13-39(14-19)29(41)42-30(5,6)7;1-3-2/h9-12,16-17,19H,13-15H2,1-8H3,(H,35,37)(H,36,38);3H2,1-2H3. The van der Waals surface area contributed by atoms with E-state index >= 15 is 4.39 Å². The van der Waals surface area contributed by atoms with Crippen molar-refractivity contribution < 1.29 is 18.3 Å². The van der Waals surface area contributed by atoms with E-state index in [4.69, 9.17) is 21.3 Å². The lowest BCUT2D eigenvalue weighted by atomic mass is 9.76. The molecule has 2 aromatic heterocycles. The number of carbonyl (C=O) groups excluding carboxylic acids is 1. The fourth-order valence-corrected chi connectivity index (χ4v) is 6.10. The first-order valence-corrected chi connectivity index (χ1v) is 16.1. The number of hydrogen-bond donors (Lipinski definition) is 2. The molecule has 4 heterocycles. The Morgan fingerprint density at radius 3 is 2.44 bits per heavy atom. The third-order valence-corrected chi connectivity index (χ3v) is 8.88. The molecule has 0 bridgehead atoms. The Morgan fingerprint density at radius 1 is 1.20 bits per heavy atom. The topological polar surface area (TPSA) is 86.4 Å². The average molecular weight is 645 g/mol. The largest absolute Gasteiger partial charge is 0.444 e. The van der Waals surface area contributed by atoms with Crippen LogP contribution in [0, 0.1) is 24.5 Å². The summed E-state index contributed by atoms with van der Waals surface area (Å²) in [7, 11) is 0. The van der Waals surface area contributed by atoms with Crippen LogP contribution in [0.1, 0.15) is 96.9 Å². The minimum Gasteiger partial charge on any atom is -0.444 e. The molecule has 5 rings (SSSR count). The fourth-order valence-electron chi connectivity index (χ4n) is 5.93. The maximum atomic E-state index is 15.7. The first-order valence-electron chi connectivity index (χ1n) is 15.7. The fraction of sp³-hybridized carbons (Fsp3) is 0.559. The number of benzene rings is 1. The summed E-state index contributed by atoms with van der Waals surface area (Å²) in [6.45, 7) is 21.5. The van der Waals surface area contributed by atoms with E-state index in [-0.39, 0.29) is 18.1 Å². The highest BCUT2D eigenvalue weighted by Gasteiger charge is 2.46. The van der Waals surface area contributed by atoms with Gasteiger partial charge >= 0.3 is 6.09 Å². The molecule has 2 aliphatic rings. The summed E-state index contributed by atoms with van der Waals surface area (Å²) in [5.41, 5.74) is 2.40. The molecule has 2 atom stereocenters. The average Bonchev–Trinajstić information content (AvgIpc) is 3.52. The van der Waals surface area contributed by atoms with Crippen LogP contribution in [0.3, 0.4) is 0 Å². The van der Waals surface area contributed by atoms with E-state index in [2.05, 4.69) is 55.0 Å². The summed E-state index contributed by atoms with van der Waals surface area (Å²) < 4.78 is 35.4. The van der Waals surface area contributed by atoms with E-state index < -0.39 is 27.7 Å². The first-order chi connectivity index (χ1) is 21.0. The van der Waals surface area contributed by atoms with Gasteiger partial charge in [0.05, 0.1) is 24.1 Å². The Kier molecular flexibility index (Phi) is 10.1. The van der Waals surface area contributed by atoms with Crippen molar-refractivity contribution >= 4 is 35.0 Å². The molecule has 0 aliphatic carbocycles. The van der Waals surface area contributed by atoms with E-state index in [9.17, 15) is 9.18 Å². The van der Waals surface area contributed by atoms with Crippen molar-refractivity contribution in [1.29, 1.82) is 0 Å². The lowest BCUT2D eigenvalue weighted by molar-refractivity contribution is 0.0104. The molecule has 11 heteroatoms. The van der Waals surface area contributed by atoms with Gasteiger partial charge in [-0.2, -0.15) is 5.10 Å². The van der Waals surface area contributed by atoms with Crippen molar-refractivity contribution in [3.8, 4) is 0 Å².